The summed E-state index contributed by atoms with van der Waals surface area (Å²) in [6.07, 6.45) is 2.26. The van der Waals surface area contributed by atoms with Crippen molar-refractivity contribution in [1.82, 2.24) is 25.1 Å². The number of piperazine rings is 1. The van der Waals surface area contributed by atoms with Crippen molar-refractivity contribution in [2.24, 2.45) is 0 Å². The molecule has 2 atom stereocenters. The van der Waals surface area contributed by atoms with Gasteiger partial charge in [0.25, 0.3) is 0 Å². The molecule has 2 aromatic carbocycles. The van der Waals surface area contributed by atoms with Crippen molar-refractivity contribution >= 4 is 11.4 Å². The molecule has 34 heavy (non-hydrogen) atoms. The Hall–Kier alpha value is -3.04. The van der Waals surface area contributed by atoms with E-state index in [0.717, 1.165) is 62.7 Å². The Kier molecular flexibility index (Phi) is 6.73. The number of halogens is 1. The van der Waals surface area contributed by atoms with Gasteiger partial charge in [-0.3, -0.25) is 4.90 Å². The Bertz CT molecular complexity index is 1070. The molecule has 0 unspecified atom stereocenters. The lowest BCUT2D eigenvalue weighted by atomic mass is 10.0. The van der Waals surface area contributed by atoms with E-state index in [2.05, 4.69) is 54.5 Å². The zero-order valence-corrected chi connectivity index (χ0v) is 19.8. The van der Waals surface area contributed by atoms with Crippen LogP contribution in [0.2, 0.25) is 0 Å². The van der Waals surface area contributed by atoms with Crippen LogP contribution in [-0.4, -0.2) is 78.1 Å². The first-order valence-corrected chi connectivity index (χ1v) is 12.0. The minimum absolute atomic E-state index is 0.0876. The summed E-state index contributed by atoms with van der Waals surface area (Å²) >= 11 is 0. The van der Waals surface area contributed by atoms with E-state index in [1.165, 1.54) is 6.07 Å². The van der Waals surface area contributed by atoms with Crippen LogP contribution in [0, 0.1) is 5.82 Å². The molecule has 2 aliphatic rings. The van der Waals surface area contributed by atoms with Crippen molar-refractivity contribution < 1.29 is 9.13 Å². The average Bonchev–Trinajstić information content (AvgIpc) is 3.54. The van der Waals surface area contributed by atoms with Crippen LogP contribution in [0.3, 0.4) is 0 Å². The van der Waals surface area contributed by atoms with Gasteiger partial charge in [-0.25, -0.2) is 9.07 Å². The van der Waals surface area contributed by atoms with E-state index in [9.17, 15) is 4.39 Å². The molecule has 0 aliphatic carbocycles. The molecule has 3 aromatic rings. The Morgan fingerprint density at radius 1 is 1.06 bits per heavy atom. The SMILES string of the molecule is CN(C)c1ccc([C@@H](c2nnnn2C[C@@H]2CCCO2)N2CCN(c3ccccc3F)CC2)cc1. The van der Waals surface area contributed by atoms with E-state index < -0.39 is 0 Å². The molecule has 2 aliphatic heterocycles. The highest BCUT2D eigenvalue weighted by atomic mass is 19.1. The van der Waals surface area contributed by atoms with Gasteiger partial charge in [0.05, 0.1) is 24.4 Å². The molecule has 0 spiro atoms. The number of aromatic nitrogens is 4. The molecule has 0 amide bonds. The maximum atomic E-state index is 14.4. The van der Waals surface area contributed by atoms with E-state index in [4.69, 9.17) is 4.74 Å². The molecule has 2 saturated heterocycles. The molecule has 1 aromatic heterocycles. The Morgan fingerprint density at radius 2 is 1.82 bits per heavy atom. The second-order valence-electron chi connectivity index (χ2n) is 9.22. The fourth-order valence-corrected chi connectivity index (χ4v) is 4.93. The normalized spacial score (nSPS) is 20.0. The predicted octanol–water partition coefficient (Wildman–Crippen LogP) is 2.97. The number of tetrazole rings is 1. The number of anilines is 2. The van der Waals surface area contributed by atoms with E-state index in [1.54, 1.807) is 6.07 Å². The lowest BCUT2D eigenvalue weighted by Crippen LogP contribution is -2.48. The van der Waals surface area contributed by atoms with Gasteiger partial charge in [-0.2, -0.15) is 0 Å². The van der Waals surface area contributed by atoms with Crippen LogP contribution in [0.1, 0.15) is 30.3 Å². The van der Waals surface area contributed by atoms with Gasteiger partial charge in [-0.05, 0) is 53.1 Å². The third-order valence-electron chi connectivity index (χ3n) is 6.80. The van der Waals surface area contributed by atoms with Crippen LogP contribution in [0.4, 0.5) is 15.8 Å². The number of nitrogens with zero attached hydrogens (tertiary/aromatic N) is 7. The average molecular weight is 466 g/mol. The smallest absolute Gasteiger partial charge is 0.173 e. The Balaban J connectivity index is 1.41. The third-order valence-corrected chi connectivity index (χ3v) is 6.80. The van der Waals surface area contributed by atoms with Crippen LogP contribution in [-0.2, 0) is 11.3 Å². The van der Waals surface area contributed by atoms with Crippen molar-refractivity contribution in [3.8, 4) is 0 Å². The molecule has 0 radical (unpaired) electrons. The first-order chi connectivity index (χ1) is 16.6. The van der Waals surface area contributed by atoms with E-state index in [0.29, 0.717) is 12.2 Å². The van der Waals surface area contributed by atoms with E-state index >= 15 is 0 Å². The number of benzene rings is 2. The van der Waals surface area contributed by atoms with Gasteiger partial charge in [0, 0.05) is 52.6 Å². The fourth-order valence-electron chi connectivity index (χ4n) is 4.93. The molecule has 0 bridgehead atoms. The minimum atomic E-state index is -0.174. The molecule has 180 valence electrons. The molecule has 2 fully saturated rings. The van der Waals surface area contributed by atoms with Crippen LogP contribution < -0.4 is 9.80 Å². The molecular weight excluding hydrogens is 433 g/mol. The molecule has 0 N–H and O–H groups in total. The summed E-state index contributed by atoms with van der Waals surface area (Å²) in [5.41, 5.74) is 2.96. The topological polar surface area (TPSA) is 62.6 Å². The number of hydrogen-bond donors (Lipinski definition) is 0. The van der Waals surface area contributed by atoms with Crippen molar-refractivity contribution in [3.05, 3.63) is 65.7 Å². The largest absolute Gasteiger partial charge is 0.378 e. The van der Waals surface area contributed by atoms with Crippen molar-refractivity contribution in [2.75, 3.05) is 56.7 Å². The van der Waals surface area contributed by atoms with Crippen LogP contribution >= 0.6 is 0 Å². The van der Waals surface area contributed by atoms with Gasteiger partial charge in [-0.15, -0.1) is 5.10 Å². The highest BCUT2D eigenvalue weighted by Gasteiger charge is 2.32. The summed E-state index contributed by atoms with van der Waals surface area (Å²) in [4.78, 5) is 6.61. The van der Waals surface area contributed by atoms with Gasteiger partial charge >= 0.3 is 0 Å². The molecule has 3 heterocycles. The molecule has 0 saturated carbocycles. The molecule has 8 nitrogen and oxygen atoms in total. The second-order valence-corrected chi connectivity index (χ2v) is 9.22. The van der Waals surface area contributed by atoms with Gasteiger partial charge in [0.1, 0.15) is 5.82 Å². The van der Waals surface area contributed by atoms with Crippen molar-refractivity contribution in [2.45, 2.75) is 31.5 Å². The third kappa shape index (κ3) is 4.76. The van der Waals surface area contributed by atoms with Crippen LogP contribution in [0.15, 0.2) is 48.5 Å². The summed E-state index contributed by atoms with van der Waals surface area (Å²) < 4.78 is 22.1. The summed E-state index contributed by atoms with van der Waals surface area (Å²) in [5.74, 6) is 0.653. The number of para-hydroxylation sites is 1. The first-order valence-electron chi connectivity index (χ1n) is 12.0. The van der Waals surface area contributed by atoms with Crippen LogP contribution in [0.5, 0.6) is 0 Å². The quantitative estimate of drug-likeness (QED) is 0.532. The maximum Gasteiger partial charge on any atom is 0.173 e. The van der Waals surface area contributed by atoms with Crippen molar-refractivity contribution in [1.29, 1.82) is 0 Å². The van der Waals surface area contributed by atoms with Gasteiger partial charge in [0.15, 0.2) is 5.82 Å². The zero-order chi connectivity index (χ0) is 23.5. The van der Waals surface area contributed by atoms with E-state index in [1.807, 2.05) is 30.9 Å². The first kappa shape index (κ1) is 22.7. The highest BCUT2D eigenvalue weighted by molar-refractivity contribution is 5.49. The van der Waals surface area contributed by atoms with Crippen molar-refractivity contribution in [3.63, 3.8) is 0 Å². The summed E-state index contributed by atoms with van der Waals surface area (Å²) in [7, 11) is 4.08. The second kappa shape index (κ2) is 10.1. The number of hydrogen-bond acceptors (Lipinski definition) is 7. The van der Waals surface area contributed by atoms with Crippen LogP contribution in [0.25, 0.3) is 0 Å². The standard InChI is InChI=1S/C25H32FN7O/c1-30(2)20-11-9-19(10-12-20)24(25-27-28-29-33(25)18-21-6-5-17-34-21)32-15-13-31(14-16-32)23-8-4-3-7-22(23)26/h3-4,7-12,21,24H,5-6,13-18H2,1-2H3/t21-,24-/m0/s1. The highest BCUT2D eigenvalue weighted by Crippen LogP contribution is 2.31. The zero-order valence-electron chi connectivity index (χ0n) is 19.8. The summed E-state index contributed by atoms with van der Waals surface area (Å²) in [6, 6.07) is 15.5. The molecule has 5 rings (SSSR count). The summed E-state index contributed by atoms with van der Waals surface area (Å²) in [6.45, 7) is 4.49. The summed E-state index contributed by atoms with van der Waals surface area (Å²) in [5, 5.41) is 12.8. The van der Waals surface area contributed by atoms with E-state index in [-0.39, 0.29) is 18.0 Å². The monoisotopic (exact) mass is 465 g/mol. The molecular formula is C25H32FN7O. The lowest BCUT2D eigenvalue weighted by molar-refractivity contribution is 0.0906. The lowest BCUT2D eigenvalue weighted by Gasteiger charge is -2.40. The molecule has 9 heteroatoms. The Labute approximate surface area is 199 Å². The maximum absolute atomic E-state index is 14.4. The Morgan fingerprint density at radius 3 is 2.50 bits per heavy atom. The number of ether oxygens (including phenoxy) is 1. The van der Waals surface area contributed by atoms with Gasteiger partial charge < -0.3 is 14.5 Å². The minimum Gasteiger partial charge on any atom is -0.378 e. The number of rotatable bonds is 7. The fraction of sp³-hybridized carbons (Fsp3) is 0.480. The predicted molar refractivity (Wildman–Crippen MR) is 130 cm³/mol. The van der Waals surface area contributed by atoms with Gasteiger partial charge in [0.2, 0.25) is 0 Å². The van der Waals surface area contributed by atoms with Gasteiger partial charge in [-0.1, -0.05) is 24.3 Å².